The first kappa shape index (κ1) is 19.9. The molecule has 3 aromatic rings. The van der Waals surface area contributed by atoms with Crippen molar-refractivity contribution in [2.45, 2.75) is 18.0 Å². The maximum atomic E-state index is 12.7. The third-order valence-corrected chi connectivity index (χ3v) is 5.32. The maximum absolute atomic E-state index is 12.7. The third kappa shape index (κ3) is 4.50. The van der Waals surface area contributed by atoms with E-state index in [-0.39, 0.29) is 17.0 Å². The highest BCUT2D eigenvalue weighted by Crippen LogP contribution is 2.29. The molecule has 0 aliphatic rings. The van der Waals surface area contributed by atoms with Gasteiger partial charge in [0.2, 0.25) is 10.0 Å². The van der Waals surface area contributed by atoms with Gasteiger partial charge in [0.25, 0.3) is 0 Å². The van der Waals surface area contributed by atoms with Crippen LogP contribution in [-0.4, -0.2) is 19.9 Å². The summed E-state index contributed by atoms with van der Waals surface area (Å²) in [5.41, 5.74) is 0.369. The molecule has 0 spiro atoms. The summed E-state index contributed by atoms with van der Waals surface area (Å²) < 4.78 is 65.6. The Balaban J connectivity index is 1.79. The molecule has 3 rings (SSSR count). The van der Waals surface area contributed by atoms with Gasteiger partial charge in [-0.1, -0.05) is 36.1 Å². The largest absolute Gasteiger partial charge is 0.416 e. The lowest BCUT2D eigenvalue weighted by atomic mass is 10.1. The third-order valence-electron chi connectivity index (χ3n) is 3.89. The van der Waals surface area contributed by atoms with Gasteiger partial charge in [0.1, 0.15) is 4.90 Å². The molecule has 8 heteroatoms. The van der Waals surface area contributed by atoms with Gasteiger partial charge in [0, 0.05) is 16.6 Å². The molecule has 1 N–H and O–H groups in total. The van der Waals surface area contributed by atoms with E-state index in [1.807, 2.05) is 0 Å². The quantitative estimate of drug-likeness (QED) is 0.674. The summed E-state index contributed by atoms with van der Waals surface area (Å²) in [5, 5.41) is 0.684. The molecule has 2 aromatic carbocycles. The zero-order valence-electron chi connectivity index (χ0n) is 14.7. The number of sulfonamides is 1. The molecule has 144 valence electrons. The number of alkyl halides is 3. The lowest BCUT2D eigenvalue weighted by molar-refractivity contribution is -0.137. The second kappa shape index (κ2) is 7.62. The number of hydrogen-bond acceptors (Lipinski definition) is 3. The van der Waals surface area contributed by atoms with E-state index in [0.717, 1.165) is 12.1 Å². The minimum atomic E-state index is -4.46. The van der Waals surface area contributed by atoms with Crippen LogP contribution in [0, 0.1) is 18.8 Å². The molecular formula is C20H15F3N2O2S. The van der Waals surface area contributed by atoms with E-state index < -0.39 is 21.8 Å². The van der Waals surface area contributed by atoms with Crippen LogP contribution in [0.15, 0.2) is 59.5 Å². The van der Waals surface area contributed by atoms with Gasteiger partial charge in [-0.2, -0.15) is 17.9 Å². The minimum Gasteiger partial charge on any atom is -0.252 e. The predicted octanol–water partition coefficient (Wildman–Crippen LogP) is 3.89. The maximum Gasteiger partial charge on any atom is 0.416 e. The van der Waals surface area contributed by atoms with Crippen molar-refractivity contribution in [1.29, 1.82) is 0 Å². The first-order chi connectivity index (χ1) is 13.2. The molecule has 0 saturated heterocycles. The van der Waals surface area contributed by atoms with E-state index >= 15 is 0 Å². The van der Waals surface area contributed by atoms with E-state index in [4.69, 9.17) is 0 Å². The zero-order valence-corrected chi connectivity index (χ0v) is 15.5. The fraction of sp³-hybridized carbons (Fsp3) is 0.150. The molecule has 0 fully saturated rings. The number of nitrogens with zero attached hydrogens (tertiary/aromatic N) is 1. The summed E-state index contributed by atoms with van der Waals surface area (Å²) in [7, 11) is -3.88. The number of aryl methyl sites for hydroxylation is 1. The van der Waals surface area contributed by atoms with Gasteiger partial charge in [-0.05, 0) is 37.3 Å². The Kier molecular flexibility index (Phi) is 5.40. The first-order valence-corrected chi connectivity index (χ1v) is 9.67. The van der Waals surface area contributed by atoms with Crippen LogP contribution in [0.5, 0.6) is 0 Å². The van der Waals surface area contributed by atoms with Crippen molar-refractivity contribution in [3.63, 3.8) is 0 Å². The summed E-state index contributed by atoms with van der Waals surface area (Å²) in [6.07, 6.45) is -4.46. The van der Waals surface area contributed by atoms with Crippen molar-refractivity contribution in [2.24, 2.45) is 0 Å². The van der Waals surface area contributed by atoms with Crippen molar-refractivity contribution in [3.05, 3.63) is 71.4 Å². The zero-order chi connectivity index (χ0) is 20.4. The van der Waals surface area contributed by atoms with Crippen LogP contribution in [0.1, 0.15) is 16.8 Å². The number of pyridine rings is 1. The van der Waals surface area contributed by atoms with Crippen LogP contribution in [0.3, 0.4) is 0 Å². The number of para-hydroxylation sites is 1. The smallest absolute Gasteiger partial charge is 0.252 e. The molecule has 0 aliphatic carbocycles. The van der Waals surface area contributed by atoms with Crippen LogP contribution < -0.4 is 4.72 Å². The molecule has 28 heavy (non-hydrogen) atoms. The topological polar surface area (TPSA) is 59.1 Å². The molecule has 0 atom stereocenters. The number of rotatable bonds is 3. The van der Waals surface area contributed by atoms with E-state index in [9.17, 15) is 21.6 Å². The van der Waals surface area contributed by atoms with Gasteiger partial charge in [0.15, 0.2) is 0 Å². The lowest BCUT2D eigenvalue weighted by Gasteiger charge is -2.08. The fourth-order valence-electron chi connectivity index (χ4n) is 2.56. The standard InChI is InChI=1S/C20H15F3N2O2S/c1-14-10-11-16-7-3-9-18(19(16)25-14)28(26,27)24-12-4-6-15-5-2-8-17(13-15)20(21,22)23/h2-3,5,7-11,13,24H,12H2,1H3. The van der Waals surface area contributed by atoms with Gasteiger partial charge in [0.05, 0.1) is 17.6 Å². The van der Waals surface area contributed by atoms with Crippen LogP contribution in [0.2, 0.25) is 0 Å². The van der Waals surface area contributed by atoms with Crippen LogP contribution >= 0.6 is 0 Å². The Morgan fingerprint density at radius 1 is 1.07 bits per heavy atom. The van der Waals surface area contributed by atoms with Gasteiger partial charge in [-0.15, -0.1) is 0 Å². The Hall–Kier alpha value is -2.89. The SMILES string of the molecule is Cc1ccc2cccc(S(=O)(=O)NCC#Cc3cccc(C(F)(F)F)c3)c2n1. The van der Waals surface area contributed by atoms with Crippen LogP contribution in [0.25, 0.3) is 10.9 Å². The Bertz CT molecular complexity index is 1190. The van der Waals surface area contributed by atoms with Crippen molar-refractivity contribution in [2.75, 3.05) is 6.54 Å². The molecule has 0 aliphatic heterocycles. The van der Waals surface area contributed by atoms with Crippen LogP contribution in [0.4, 0.5) is 13.2 Å². The molecular weight excluding hydrogens is 389 g/mol. The van der Waals surface area contributed by atoms with Gasteiger partial charge >= 0.3 is 6.18 Å². The average molecular weight is 404 g/mol. The Morgan fingerprint density at radius 3 is 2.57 bits per heavy atom. The van der Waals surface area contributed by atoms with E-state index in [1.54, 1.807) is 31.2 Å². The average Bonchev–Trinajstić information content (AvgIpc) is 2.64. The summed E-state index contributed by atoms with van der Waals surface area (Å²) in [4.78, 5) is 4.31. The van der Waals surface area contributed by atoms with Gasteiger partial charge < -0.3 is 0 Å². The predicted molar refractivity (Wildman–Crippen MR) is 100.0 cm³/mol. The lowest BCUT2D eigenvalue weighted by Crippen LogP contribution is -2.24. The molecule has 1 aromatic heterocycles. The van der Waals surface area contributed by atoms with E-state index in [1.165, 1.54) is 18.2 Å². The fourth-order valence-corrected chi connectivity index (χ4v) is 3.66. The Morgan fingerprint density at radius 2 is 1.82 bits per heavy atom. The Labute approximate surface area is 160 Å². The molecule has 0 saturated carbocycles. The second-order valence-corrected chi connectivity index (χ2v) is 7.72. The van der Waals surface area contributed by atoms with Crippen molar-refractivity contribution >= 4 is 20.9 Å². The number of nitrogens with one attached hydrogen (secondary N) is 1. The van der Waals surface area contributed by atoms with Crippen molar-refractivity contribution in [1.82, 2.24) is 9.71 Å². The second-order valence-electron chi connectivity index (χ2n) is 5.99. The van der Waals surface area contributed by atoms with E-state index in [0.29, 0.717) is 16.6 Å². The molecule has 0 amide bonds. The highest BCUT2D eigenvalue weighted by atomic mass is 32.2. The van der Waals surface area contributed by atoms with Crippen LogP contribution in [-0.2, 0) is 16.2 Å². The molecule has 0 radical (unpaired) electrons. The number of fused-ring (bicyclic) bond motifs is 1. The molecule has 0 unspecified atom stereocenters. The highest BCUT2D eigenvalue weighted by molar-refractivity contribution is 7.89. The van der Waals surface area contributed by atoms with E-state index in [2.05, 4.69) is 21.5 Å². The summed E-state index contributed by atoms with van der Waals surface area (Å²) >= 11 is 0. The summed E-state index contributed by atoms with van der Waals surface area (Å²) in [5.74, 6) is 5.07. The number of hydrogen-bond donors (Lipinski definition) is 1. The van der Waals surface area contributed by atoms with Crippen molar-refractivity contribution < 1.29 is 21.6 Å². The minimum absolute atomic E-state index is 0.0227. The highest BCUT2D eigenvalue weighted by Gasteiger charge is 2.30. The first-order valence-electron chi connectivity index (χ1n) is 8.19. The summed E-state index contributed by atoms with van der Waals surface area (Å²) in [6, 6.07) is 12.9. The molecule has 1 heterocycles. The number of halogens is 3. The monoisotopic (exact) mass is 404 g/mol. The summed E-state index contributed by atoms with van der Waals surface area (Å²) in [6.45, 7) is 1.51. The van der Waals surface area contributed by atoms with Crippen molar-refractivity contribution in [3.8, 4) is 11.8 Å². The normalized spacial score (nSPS) is 11.9. The number of benzene rings is 2. The number of aromatic nitrogens is 1. The van der Waals surface area contributed by atoms with Gasteiger partial charge in [-0.3, -0.25) is 4.98 Å². The molecule has 0 bridgehead atoms. The molecule has 4 nitrogen and oxygen atoms in total. The van der Waals surface area contributed by atoms with Gasteiger partial charge in [-0.25, -0.2) is 8.42 Å².